The molecule has 2 amide bonds. The number of rotatable bonds is 8. The lowest BCUT2D eigenvalue weighted by Crippen LogP contribution is -2.41. The molecule has 2 aromatic rings. The third-order valence-corrected chi connectivity index (χ3v) is 7.59. The number of amides is 2. The first-order chi connectivity index (χ1) is 16.3. The lowest BCUT2D eigenvalue weighted by molar-refractivity contribution is 0.0846. The van der Waals surface area contributed by atoms with E-state index in [1.54, 1.807) is 12.1 Å². The van der Waals surface area contributed by atoms with Crippen LogP contribution in [0.25, 0.3) is 0 Å². The highest BCUT2D eigenvalue weighted by Crippen LogP contribution is 2.28. The molecule has 1 heterocycles. The maximum atomic E-state index is 12.8. The van der Waals surface area contributed by atoms with Gasteiger partial charge < -0.3 is 9.47 Å². The summed E-state index contributed by atoms with van der Waals surface area (Å²) in [4.78, 5) is 25.0. The van der Waals surface area contributed by atoms with Crippen molar-refractivity contribution < 1.29 is 27.5 Å². The molecule has 0 saturated carbocycles. The standard InChI is InChI=1S/C24H31N3O6S/c1-4-15-33-21-10-7-19(16-22(21)32-3)24(29)26-25-23(28)18-5-8-20(9-6-18)34(30,31)27-13-11-17(2)12-14-27/h5-10,16-17H,4,11-15H2,1-3H3,(H,25,28)(H,26,29). The highest BCUT2D eigenvalue weighted by Gasteiger charge is 2.28. The van der Waals surface area contributed by atoms with Crippen LogP contribution in [0.3, 0.4) is 0 Å². The molecule has 1 aliphatic rings. The fraction of sp³-hybridized carbons (Fsp3) is 0.417. The second kappa shape index (κ2) is 11.3. The molecule has 10 heteroatoms. The molecule has 0 bridgehead atoms. The normalized spacial score (nSPS) is 14.9. The maximum absolute atomic E-state index is 12.8. The average molecular weight is 490 g/mol. The van der Waals surface area contributed by atoms with Crippen molar-refractivity contribution in [3.8, 4) is 11.5 Å². The summed E-state index contributed by atoms with van der Waals surface area (Å²) in [6, 6.07) is 10.4. The van der Waals surface area contributed by atoms with E-state index in [9.17, 15) is 18.0 Å². The molecule has 34 heavy (non-hydrogen) atoms. The molecular formula is C24H31N3O6S. The Morgan fingerprint density at radius 1 is 0.971 bits per heavy atom. The number of carbonyl (C=O) groups excluding carboxylic acids is 2. The molecule has 1 fully saturated rings. The zero-order valence-corrected chi connectivity index (χ0v) is 20.5. The Balaban J connectivity index is 1.60. The number of nitrogens with zero attached hydrogens (tertiary/aromatic N) is 1. The predicted molar refractivity (Wildman–Crippen MR) is 127 cm³/mol. The van der Waals surface area contributed by atoms with Gasteiger partial charge in [-0.1, -0.05) is 13.8 Å². The molecule has 1 aliphatic heterocycles. The fourth-order valence-electron chi connectivity index (χ4n) is 3.55. The Bertz CT molecular complexity index is 1110. The number of hydrogen-bond donors (Lipinski definition) is 2. The van der Waals surface area contributed by atoms with Gasteiger partial charge in [-0.15, -0.1) is 0 Å². The van der Waals surface area contributed by atoms with Crippen molar-refractivity contribution >= 4 is 21.8 Å². The van der Waals surface area contributed by atoms with Gasteiger partial charge in [0, 0.05) is 24.2 Å². The molecule has 0 aromatic heterocycles. The number of sulfonamides is 1. The molecular weight excluding hydrogens is 458 g/mol. The molecule has 0 spiro atoms. The van der Waals surface area contributed by atoms with Crippen molar-refractivity contribution in [3.63, 3.8) is 0 Å². The first kappa shape index (κ1) is 25.5. The number of carbonyl (C=O) groups is 2. The molecule has 0 unspecified atom stereocenters. The minimum atomic E-state index is -3.60. The minimum absolute atomic E-state index is 0.139. The summed E-state index contributed by atoms with van der Waals surface area (Å²) >= 11 is 0. The second-order valence-corrected chi connectivity index (χ2v) is 10.2. The number of hydrazine groups is 1. The van der Waals surface area contributed by atoms with Crippen LogP contribution in [-0.4, -0.2) is 51.3 Å². The Morgan fingerprint density at radius 2 is 1.56 bits per heavy atom. The van der Waals surface area contributed by atoms with E-state index >= 15 is 0 Å². The van der Waals surface area contributed by atoms with Crippen molar-refractivity contribution in [2.45, 2.75) is 38.0 Å². The van der Waals surface area contributed by atoms with Crippen LogP contribution in [0.4, 0.5) is 0 Å². The lowest BCUT2D eigenvalue weighted by Gasteiger charge is -2.29. The van der Waals surface area contributed by atoms with Crippen LogP contribution in [0.2, 0.25) is 0 Å². The van der Waals surface area contributed by atoms with Gasteiger partial charge in [0.05, 0.1) is 18.6 Å². The minimum Gasteiger partial charge on any atom is -0.493 e. The SMILES string of the molecule is CCCOc1ccc(C(=O)NNC(=O)c2ccc(S(=O)(=O)N3CCC(C)CC3)cc2)cc1OC. The monoisotopic (exact) mass is 489 g/mol. The van der Waals surface area contributed by atoms with Gasteiger partial charge in [0.25, 0.3) is 11.8 Å². The van der Waals surface area contributed by atoms with Crippen molar-refractivity contribution in [3.05, 3.63) is 53.6 Å². The summed E-state index contributed by atoms with van der Waals surface area (Å²) in [6.45, 7) is 5.61. The van der Waals surface area contributed by atoms with Crippen molar-refractivity contribution in [1.29, 1.82) is 0 Å². The molecule has 9 nitrogen and oxygen atoms in total. The highest BCUT2D eigenvalue weighted by atomic mass is 32.2. The third-order valence-electron chi connectivity index (χ3n) is 5.67. The van der Waals surface area contributed by atoms with Crippen molar-refractivity contribution in [2.75, 3.05) is 26.8 Å². The van der Waals surface area contributed by atoms with Gasteiger partial charge in [0.1, 0.15) is 0 Å². The topological polar surface area (TPSA) is 114 Å². The Kier molecular flexibility index (Phi) is 8.51. The molecule has 1 saturated heterocycles. The lowest BCUT2D eigenvalue weighted by atomic mass is 10.0. The van der Waals surface area contributed by atoms with Crippen LogP contribution in [-0.2, 0) is 10.0 Å². The number of nitrogens with one attached hydrogen (secondary N) is 2. The van der Waals surface area contributed by atoms with E-state index in [4.69, 9.17) is 9.47 Å². The molecule has 0 radical (unpaired) electrons. The van der Waals surface area contributed by atoms with E-state index in [2.05, 4.69) is 17.8 Å². The highest BCUT2D eigenvalue weighted by molar-refractivity contribution is 7.89. The summed E-state index contributed by atoms with van der Waals surface area (Å²) in [7, 11) is -2.12. The smallest absolute Gasteiger partial charge is 0.269 e. The van der Waals surface area contributed by atoms with E-state index in [-0.39, 0.29) is 16.0 Å². The molecule has 184 valence electrons. The quantitative estimate of drug-likeness (QED) is 0.551. The summed E-state index contributed by atoms with van der Waals surface area (Å²) in [5.41, 5.74) is 5.18. The van der Waals surface area contributed by atoms with Crippen LogP contribution in [0, 0.1) is 5.92 Å². The summed E-state index contributed by atoms with van der Waals surface area (Å²) in [6.07, 6.45) is 2.50. The summed E-state index contributed by atoms with van der Waals surface area (Å²) in [5.74, 6) is 0.346. The second-order valence-electron chi connectivity index (χ2n) is 8.23. The Hall–Kier alpha value is -3.11. The van der Waals surface area contributed by atoms with Crippen molar-refractivity contribution in [1.82, 2.24) is 15.2 Å². The first-order valence-electron chi connectivity index (χ1n) is 11.3. The van der Waals surface area contributed by atoms with Crippen molar-refractivity contribution in [2.24, 2.45) is 5.92 Å². The van der Waals surface area contributed by atoms with Gasteiger partial charge in [-0.2, -0.15) is 4.31 Å². The van der Waals surface area contributed by atoms with Crippen LogP contribution < -0.4 is 20.3 Å². The van der Waals surface area contributed by atoms with E-state index in [1.165, 1.54) is 41.7 Å². The number of piperidine rings is 1. The number of ether oxygens (including phenoxy) is 2. The molecule has 2 aromatic carbocycles. The van der Waals surface area contributed by atoms with Crippen LogP contribution in [0.1, 0.15) is 53.8 Å². The largest absolute Gasteiger partial charge is 0.493 e. The Morgan fingerprint density at radius 3 is 2.15 bits per heavy atom. The molecule has 3 rings (SSSR count). The first-order valence-corrected chi connectivity index (χ1v) is 12.7. The number of hydrogen-bond acceptors (Lipinski definition) is 6. The van der Waals surface area contributed by atoms with E-state index in [0.29, 0.717) is 37.1 Å². The van der Waals surface area contributed by atoms with Gasteiger partial charge in [0.15, 0.2) is 11.5 Å². The van der Waals surface area contributed by atoms with Crippen LogP contribution in [0.15, 0.2) is 47.4 Å². The summed E-state index contributed by atoms with van der Waals surface area (Å²) < 4.78 is 38.0. The van der Waals surface area contributed by atoms with Gasteiger partial charge in [-0.25, -0.2) is 8.42 Å². The zero-order chi connectivity index (χ0) is 24.7. The van der Waals surface area contributed by atoms with E-state index < -0.39 is 21.8 Å². The third kappa shape index (κ3) is 6.06. The van der Waals surface area contributed by atoms with E-state index in [0.717, 1.165) is 19.3 Å². The van der Waals surface area contributed by atoms with Crippen LogP contribution >= 0.6 is 0 Å². The molecule has 2 N–H and O–H groups in total. The summed E-state index contributed by atoms with van der Waals surface area (Å²) in [5, 5.41) is 0. The fourth-order valence-corrected chi connectivity index (χ4v) is 5.02. The Labute approximate surface area is 200 Å². The van der Waals surface area contributed by atoms with Gasteiger partial charge in [0.2, 0.25) is 10.0 Å². The number of benzene rings is 2. The van der Waals surface area contributed by atoms with Crippen LogP contribution in [0.5, 0.6) is 11.5 Å². The zero-order valence-electron chi connectivity index (χ0n) is 19.7. The predicted octanol–water partition coefficient (Wildman–Crippen LogP) is 2.98. The molecule has 0 atom stereocenters. The number of methoxy groups -OCH3 is 1. The van der Waals surface area contributed by atoms with Gasteiger partial charge in [-0.05, 0) is 67.6 Å². The maximum Gasteiger partial charge on any atom is 0.269 e. The molecule has 0 aliphatic carbocycles. The van der Waals surface area contributed by atoms with Gasteiger partial charge in [-0.3, -0.25) is 20.4 Å². The van der Waals surface area contributed by atoms with Gasteiger partial charge >= 0.3 is 0 Å². The average Bonchev–Trinajstić information content (AvgIpc) is 2.86. The van der Waals surface area contributed by atoms with E-state index in [1.807, 2.05) is 6.92 Å².